The lowest BCUT2D eigenvalue weighted by atomic mass is 10.1. The maximum absolute atomic E-state index is 11.1. The monoisotopic (exact) mass is 280 g/mol. The standard InChI is InChI=1S/C15H24N2O3/c1-3-19-14-11-12(8-9-16)6-7-13(14)20-10-4-5-15(18)17-2/h6-7,11H,3-5,8-10,16H2,1-2H3,(H,17,18). The van der Waals surface area contributed by atoms with Crippen LogP contribution in [0.15, 0.2) is 18.2 Å². The Kier molecular flexibility index (Phi) is 7.50. The lowest BCUT2D eigenvalue weighted by Gasteiger charge is -2.13. The van der Waals surface area contributed by atoms with Crippen LogP contribution in [-0.4, -0.2) is 32.7 Å². The van der Waals surface area contributed by atoms with E-state index >= 15 is 0 Å². The molecule has 0 bridgehead atoms. The topological polar surface area (TPSA) is 73.6 Å². The molecule has 0 spiro atoms. The molecule has 0 aliphatic carbocycles. The van der Waals surface area contributed by atoms with Crippen LogP contribution in [0, 0.1) is 0 Å². The molecule has 0 aliphatic heterocycles. The molecule has 112 valence electrons. The molecule has 0 atom stereocenters. The molecule has 0 aromatic heterocycles. The zero-order valence-corrected chi connectivity index (χ0v) is 12.3. The highest BCUT2D eigenvalue weighted by Gasteiger charge is 2.07. The third kappa shape index (κ3) is 5.48. The molecule has 5 nitrogen and oxygen atoms in total. The normalized spacial score (nSPS) is 10.2. The fraction of sp³-hybridized carbons (Fsp3) is 0.533. The zero-order valence-electron chi connectivity index (χ0n) is 12.3. The zero-order chi connectivity index (χ0) is 14.8. The van der Waals surface area contributed by atoms with Crippen molar-refractivity contribution in [3.8, 4) is 11.5 Å². The Morgan fingerprint density at radius 1 is 1.30 bits per heavy atom. The summed E-state index contributed by atoms with van der Waals surface area (Å²) < 4.78 is 11.3. The summed E-state index contributed by atoms with van der Waals surface area (Å²) in [5, 5.41) is 2.59. The quantitative estimate of drug-likeness (QED) is 0.672. The van der Waals surface area contributed by atoms with E-state index in [4.69, 9.17) is 15.2 Å². The van der Waals surface area contributed by atoms with Gasteiger partial charge in [0, 0.05) is 13.5 Å². The SMILES string of the molecule is CCOc1cc(CCN)ccc1OCCCC(=O)NC. The number of nitrogens with one attached hydrogen (secondary N) is 1. The number of rotatable bonds is 9. The number of hydrogen-bond acceptors (Lipinski definition) is 4. The maximum Gasteiger partial charge on any atom is 0.219 e. The van der Waals surface area contributed by atoms with Crippen LogP contribution in [0.4, 0.5) is 0 Å². The molecule has 0 aliphatic rings. The van der Waals surface area contributed by atoms with E-state index in [1.165, 1.54) is 0 Å². The van der Waals surface area contributed by atoms with Crippen molar-refractivity contribution in [2.45, 2.75) is 26.2 Å². The molecule has 1 amide bonds. The second-order valence-corrected chi connectivity index (χ2v) is 4.38. The van der Waals surface area contributed by atoms with Gasteiger partial charge in [0.05, 0.1) is 13.2 Å². The third-order valence-electron chi connectivity index (χ3n) is 2.83. The fourth-order valence-electron chi connectivity index (χ4n) is 1.80. The average Bonchev–Trinajstić information content (AvgIpc) is 2.45. The Morgan fingerprint density at radius 3 is 2.75 bits per heavy atom. The Morgan fingerprint density at radius 2 is 2.10 bits per heavy atom. The number of carbonyl (C=O) groups is 1. The van der Waals surface area contributed by atoms with Crippen LogP contribution in [0.3, 0.4) is 0 Å². The Bertz CT molecular complexity index is 422. The van der Waals surface area contributed by atoms with Crippen LogP contribution in [0.2, 0.25) is 0 Å². The molecule has 1 aromatic carbocycles. The summed E-state index contributed by atoms with van der Waals surface area (Å²) in [5.74, 6) is 1.47. The molecule has 0 saturated heterocycles. The molecular formula is C15H24N2O3. The van der Waals surface area contributed by atoms with E-state index in [2.05, 4.69) is 5.32 Å². The average molecular weight is 280 g/mol. The number of nitrogens with two attached hydrogens (primary N) is 1. The molecule has 3 N–H and O–H groups in total. The summed E-state index contributed by atoms with van der Waals surface area (Å²) >= 11 is 0. The molecule has 0 radical (unpaired) electrons. The fourth-order valence-corrected chi connectivity index (χ4v) is 1.80. The van der Waals surface area contributed by atoms with Gasteiger partial charge >= 0.3 is 0 Å². The molecule has 0 unspecified atom stereocenters. The van der Waals surface area contributed by atoms with E-state index in [0.717, 1.165) is 17.7 Å². The first kappa shape index (κ1) is 16.3. The van der Waals surface area contributed by atoms with Gasteiger partial charge in [0.15, 0.2) is 11.5 Å². The first-order valence-electron chi connectivity index (χ1n) is 7.00. The van der Waals surface area contributed by atoms with Crippen LogP contribution >= 0.6 is 0 Å². The minimum Gasteiger partial charge on any atom is -0.490 e. The van der Waals surface area contributed by atoms with Crippen LogP contribution < -0.4 is 20.5 Å². The summed E-state index contributed by atoms with van der Waals surface area (Å²) in [6.07, 6.45) is 1.96. The predicted molar refractivity (Wildman–Crippen MR) is 79.2 cm³/mol. The van der Waals surface area contributed by atoms with Crippen molar-refractivity contribution < 1.29 is 14.3 Å². The van der Waals surface area contributed by atoms with Crippen molar-refractivity contribution in [2.75, 3.05) is 26.8 Å². The minimum atomic E-state index is 0.0249. The minimum absolute atomic E-state index is 0.0249. The summed E-state index contributed by atoms with van der Waals surface area (Å²) in [4.78, 5) is 11.1. The van der Waals surface area contributed by atoms with E-state index in [0.29, 0.717) is 38.3 Å². The van der Waals surface area contributed by atoms with Crippen molar-refractivity contribution in [3.05, 3.63) is 23.8 Å². The molecule has 1 rings (SSSR count). The van der Waals surface area contributed by atoms with Crippen LogP contribution in [0.1, 0.15) is 25.3 Å². The van der Waals surface area contributed by atoms with Gasteiger partial charge in [0.1, 0.15) is 0 Å². The van der Waals surface area contributed by atoms with Crippen molar-refractivity contribution >= 4 is 5.91 Å². The molecule has 1 aromatic rings. The van der Waals surface area contributed by atoms with E-state index in [9.17, 15) is 4.79 Å². The Balaban J connectivity index is 2.56. The van der Waals surface area contributed by atoms with E-state index in [1.807, 2.05) is 25.1 Å². The van der Waals surface area contributed by atoms with Crippen LogP contribution in [0.25, 0.3) is 0 Å². The largest absolute Gasteiger partial charge is 0.490 e. The van der Waals surface area contributed by atoms with Crippen molar-refractivity contribution in [1.29, 1.82) is 0 Å². The highest BCUT2D eigenvalue weighted by Crippen LogP contribution is 2.28. The predicted octanol–water partition coefficient (Wildman–Crippen LogP) is 1.49. The summed E-state index contributed by atoms with van der Waals surface area (Å²) in [7, 11) is 1.63. The molecule has 20 heavy (non-hydrogen) atoms. The Labute approximate surface area is 120 Å². The van der Waals surface area contributed by atoms with Gasteiger partial charge in [-0.25, -0.2) is 0 Å². The number of carbonyl (C=O) groups excluding carboxylic acids is 1. The van der Waals surface area contributed by atoms with Crippen molar-refractivity contribution in [3.63, 3.8) is 0 Å². The van der Waals surface area contributed by atoms with Gasteiger partial charge in [0.2, 0.25) is 5.91 Å². The summed E-state index contributed by atoms with van der Waals surface area (Å²) in [5.41, 5.74) is 6.69. The van der Waals surface area contributed by atoms with E-state index < -0.39 is 0 Å². The van der Waals surface area contributed by atoms with Crippen LogP contribution in [-0.2, 0) is 11.2 Å². The number of hydrogen-bond donors (Lipinski definition) is 2. The van der Waals surface area contributed by atoms with Gasteiger partial charge in [-0.3, -0.25) is 4.79 Å². The summed E-state index contributed by atoms with van der Waals surface area (Å²) in [6, 6.07) is 5.85. The molecule has 0 fully saturated rings. The third-order valence-corrected chi connectivity index (χ3v) is 2.83. The molecule has 0 saturated carbocycles. The first-order chi connectivity index (χ1) is 9.71. The lowest BCUT2D eigenvalue weighted by Crippen LogP contribution is -2.18. The van der Waals surface area contributed by atoms with Gasteiger partial charge in [-0.2, -0.15) is 0 Å². The second kappa shape index (κ2) is 9.20. The van der Waals surface area contributed by atoms with Gasteiger partial charge < -0.3 is 20.5 Å². The first-order valence-corrected chi connectivity index (χ1v) is 7.00. The number of ether oxygens (including phenoxy) is 2. The van der Waals surface area contributed by atoms with Gasteiger partial charge in [-0.15, -0.1) is 0 Å². The maximum atomic E-state index is 11.1. The molecule has 5 heteroatoms. The highest BCUT2D eigenvalue weighted by atomic mass is 16.5. The molecule has 0 heterocycles. The number of amides is 1. The second-order valence-electron chi connectivity index (χ2n) is 4.38. The van der Waals surface area contributed by atoms with Gasteiger partial charge in [0.25, 0.3) is 0 Å². The van der Waals surface area contributed by atoms with Gasteiger partial charge in [-0.1, -0.05) is 6.07 Å². The van der Waals surface area contributed by atoms with E-state index in [-0.39, 0.29) is 5.91 Å². The summed E-state index contributed by atoms with van der Waals surface area (Å²) in [6.45, 7) is 3.62. The van der Waals surface area contributed by atoms with E-state index in [1.54, 1.807) is 7.05 Å². The highest BCUT2D eigenvalue weighted by molar-refractivity contribution is 5.75. The van der Waals surface area contributed by atoms with Crippen LogP contribution in [0.5, 0.6) is 11.5 Å². The van der Waals surface area contributed by atoms with Crippen molar-refractivity contribution in [2.24, 2.45) is 5.73 Å². The Hall–Kier alpha value is -1.75. The molecular weight excluding hydrogens is 256 g/mol. The van der Waals surface area contributed by atoms with Gasteiger partial charge in [-0.05, 0) is 44.0 Å². The smallest absolute Gasteiger partial charge is 0.219 e. The lowest BCUT2D eigenvalue weighted by molar-refractivity contribution is -0.120. The number of benzene rings is 1. The van der Waals surface area contributed by atoms with Crippen molar-refractivity contribution in [1.82, 2.24) is 5.32 Å².